The van der Waals surface area contributed by atoms with E-state index in [1.165, 1.54) is 0 Å². The molecule has 0 aromatic heterocycles. The third-order valence-electron chi connectivity index (χ3n) is 2.99. The van der Waals surface area contributed by atoms with Crippen LogP contribution in [0.1, 0.15) is 32.3 Å². The lowest BCUT2D eigenvalue weighted by Gasteiger charge is -2.11. The molecule has 0 aliphatic heterocycles. The highest BCUT2D eigenvalue weighted by molar-refractivity contribution is 5.72. The number of allylic oxidation sites excluding steroid dienone is 2. The molecule has 0 N–H and O–H groups in total. The summed E-state index contributed by atoms with van der Waals surface area (Å²) in [6.45, 7) is 7.78. The highest BCUT2D eigenvalue weighted by atomic mass is 16.5. The van der Waals surface area contributed by atoms with Crippen molar-refractivity contribution in [3.8, 4) is 0 Å². The van der Waals surface area contributed by atoms with Gasteiger partial charge in [-0.25, -0.2) is 0 Å². The van der Waals surface area contributed by atoms with Crippen molar-refractivity contribution in [1.29, 1.82) is 0 Å². The third-order valence-corrected chi connectivity index (χ3v) is 2.99. The predicted molar refractivity (Wildman–Crippen MR) is 83.4 cm³/mol. The zero-order chi connectivity index (χ0) is 14.8. The van der Waals surface area contributed by atoms with Gasteiger partial charge in [0.1, 0.15) is 6.10 Å². The summed E-state index contributed by atoms with van der Waals surface area (Å²) in [6.07, 6.45) is 8.11. The van der Waals surface area contributed by atoms with Crippen molar-refractivity contribution in [3.63, 3.8) is 0 Å². The summed E-state index contributed by atoms with van der Waals surface area (Å²) in [7, 11) is 0. The van der Waals surface area contributed by atoms with Gasteiger partial charge in [-0.05, 0) is 24.8 Å². The van der Waals surface area contributed by atoms with Crippen LogP contribution in [0.3, 0.4) is 0 Å². The van der Waals surface area contributed by atoms with Crippen molar-refractivity contribution in [1.82, 2.24) is 0 Å². The molecule has 0 radical (unpaired) electrons. The summed E-state index contributed by atoms with van der Waals surface area (Å²) in [4.78, 5) is 11.8. The molecule has 2 atom stereocenters. The Balaban J connectivity index is 2.29. The fourth-order valence-corrected chi connectivity index (χ4v) is 1.92. The number of hydrogen-bond acceptors (Lipinski definition) is 2. The maximum atomic E-state index is 11.8. The second-order valence-corrected chi connectivity index (χ2v) is 5.13. The van der Waals surface area contributed by atoms with E-state index >= 15 is 0 Å². The topological polar surface area (TPSA) is 26.3 Å². The van der Waals surface area contributed by atoms with Crippen molar-refractivity contribution < 1.29 is 9.53 Å². The Kier molecular flexibility index (Phi) is 7.41. The summed E-state index contributed by atoms with van der Waals surface area (Å²) >= 11 is 0. The van der Waals surface area contributed by atoms with Gasteiger partial charge in [0.05, 0.1) is 6.42 Å². The average Bonchev–Trinajstić information content (AvgIpc) is 2.39. The number of carbonyl (C=O) groups is 1. The van der Waals surface area contributed by atoms with Crippen LogP contribution in [0.4, 0.5) is 0 Å². The van der Waals surface area contributed by atoms with Crippen LogP contribution in [-0.4, -0.2) is 12.1 Å². The van der Waals surface area contributed by atoms with Gasteiger partial charge in [-0.3, -0.25) is 4.79 Å². The van der Waals surface area contributed by atoms with Crippen LogP contribution in [0, 0.1) is 5.92 Å². The van der Waals surface area contributed by atoms with Crippen LogP contribution in [0.5, 0.6) is 0 Å². The first-order valence-corrected chi connectivity index (χ1v) is 7.12. The van der Waals surface area contributed by atoms with Crippen LogP contribution in [0.2, 0.25) is 0 Å². The Bertz CT molecular complexity index is 434. The molecule has 0 heterocycles. The van der Waals surface area contributed by atoms with E-state index in [1.807, 2.05) is 43.3 Å². The van der Waals surface area contributed by atoms with Crippen molar-refractivity contribution in [3.05, 3.63) is 60.7 Å². The molecular formula is C18H24O2. The molecular weight excluding hydrogens is 248 g/mol. The minimum atomic E-state index is -0.170. The molecule has 2 heteroatoms. The molecule has 108 valence electrons. The first-order chi connectivity index (χ1) is 9.61. The molecule has 0 spiro atoms. The summed E-state index contributed by atoms with van der Waals surface area (Å²) < 4.78 is 5.39. The maximum Gasteiger partial charge on any atom is 0.310 e. The molecule has 0 amide bonds. The Morgan fingerprint density at radius 2 is 1.95 bits per heavy atom. The highest BCUT2D eigenvalue weighted by Crippen LogP contribution is 2.08. The number of benzene rings is 1. The van der Waals surface area contributed by atoms with Crippen LogP contribution in [0.15, 0.2) is 55.1 Å². The smallest absolute Gasteiger partial charge is 0.310 e. The van der Waals surface area contributed by atoms with E-state index in [1.54, 1.807) is 0 Å². The molecule has 2 unspecified atom stereocenters. The lowest BCUT2D eigenvalue weighted by Crippen LogP contribution is -2.16. The van der Waals surface area contributed by atoms with Crippen molar-refractivity contribution in [2.24, 2.45) is 5.92 Å². The number of carbonyl (C=O) groups excluding carboxylic acids is 1. The number of rotatable bonds is 8. The molecule has 2 nitrogen and oxygen atoms in total. The molecule has 0 aliphatic carbocycles. The van der Waals surface area contributed by atoms with E-state index in [9.17, 15) is 4.79 Å². The van der Waals surface area contributed by atoms with Gasteiger partial charge in [0.2, 0.25) is 0 Å². The lowest BCUT2D eigenvalue weighted by atomic mass is 10.1. The molecule has 0 saturated carbocycles. The van der Waals surface area contributed by atoms with Gasteiger partial charge in [-0.15, -0.1) is 6.58 Å². The van der Waals surface area contributed by atoms with E-state index < -0.39 is 0 Å². The normalized spacial score (nSPS) is 13.9. The molecule has 0 saturated heterocycles. The van der Waals surface area contributed by atoms with Crippen LogP contribution >= 0.6 is 0 Å². The molecule has 0 aliphatic rings. The second-order valence-electron chi connectivity index (χ2n) is 5.13. The van der Waals surface area contributed by atoms with Gasteiger partial charge in [-0.2, -0.15) is 0 Å². The van der Waals surface area contributed by atoms with E-state index in [0.717, 1.165) is 18.4 Å². The SMILES string of the molecule is C=CCC(C)/C=C/CC(C)OC(=O)Cc1ccccc1. The van der Waals surface area contributed by atoms with Crippen molar-refractivity contribution >= 4 is 5.97 Å². The van der Waals surface area contributed by atoms with Gasteiger partial charge in [-0.1, -0.05) is 55.5 Å². The monoisotopic (exact) mass is 272 g/mol. The molecule has 0 bridgehead atoms. The van der Waals surface area contributed by atoms with Crippen LogP contribution < -0.4 is 0 Å². The zero-order valence-corrected chi connectivity index (χ0v) is 12.4. The second kappa shape index (κ2) is 9.13. The Morgan fingerprint density at radius 3 is 2.60 bits per heavy atom. The van der Waals surface area contributed by atoms with E-state index in [2.05, 4.69) is 25.7 Å². The minimum Gasteiger partial charge on any atom is -0.462 e. The fraction of sp³-hybridized carbons (Fsp3) is 0.389. The first-order valence-electron chi connectivity index (χ1n) is 7.12. The molecule has 20 heavy (non-hydrogen) atoms. The Morgan fingerprint density at radius 1 is 1.25 bits per heavy atom. The number of esters is 1. The molecule has 1 aromatic rings. The van der Waals surface area contributed by atoms with Gasteiger partial charge < -0.3 is 4.74 Å². The lowest BCUT2D eigenvalue weighted by molar-refractivity contribution is -0.147. The van der Waals surface area contributed by atoms with Gasteiger partial charge in [0, 0.05) is 6.42 Å². The van der Waals surface area contributed by atoms with Gasteiger partial charge in [0.25, 0.3) is 0 Å². The summed E-state index contributed by atoms with van der Waals surface area (Å²) in [5.41, 5.74) is 0.986. The molecule has 1 aromatic carbocycles. The summed E-state index contributed by atoms with van der Waals surface area (Å²) in [6, 6.07) is 9.66. The largest absolute Gasteiger partial charge is 0.462 e. The van der Waals surface area contributed by atoms with Gasteiger partial charge >= 0.3 is 5.97 Å². The van der Waals surface area contributed by atoms with Crippen molar-refractivity contribution in [2.45, 2.75) is 39.2 Å². The van der Waals surface area contributed by atoms with Crippen LogP contribution in [0.25, 0.3) is 0 Å². The average molecular weight is 272 g/mol. The summed E-state index contributed by atoms with van der Waals surface area (Å²) in [5, 5.41) is 0. The predicted octanol–water partition coefficient (Wildman–Crippen LogP) is 4.32. The number of ether oxygens (including phenoxy) is 1. The maximum absolute atomic E-state index is 11.8. The minimum absolute atomic E-state index is 0.0848. The standard InChI is InChI=1S/C18H24O2/c1-4-9-15(2)10-8-11-16(3)20-18(19)14-17-12-6-5-7-13-17/h4-8,10,12-13,15-16H,1,9,11,14H2,2-3H3/b10-8+. The molecule has 1 rings (SSSR count). The van der Waals surface area contributed by atoms with E-state index in [0.29, 0.717) is 12.3 Å². The first kappa shape index (κ1) is 16.2. The van der Waals surface area contributed by atoms with Crippen molar-refractivity contribution in [2.75, 3.05) is 0 Å². The number of hydrogen-bond donors (Lipinski definition) is 0. The quantitative estimate of drug-likeness (QED) is 0.520. The summed E-state index contributed by atoms with van der Waals surface area (Å²) in [5.74, 6) is 0.316. The zero-order valence-electron chi connectivity index (χ0n) is 12.4. The van der Waals surface area contributed by atoms with Gasteiger partial charge in [0.15, 0.2) is 0 Å². The molecule has 0 fully saturated rings. The third kappa shape index (κ3) is 6.93. The van der Waals surface area contributed by atoms with E-state index in [-0.39, 0.29) is 12.1 Å². The fourth-order valence-electron chi connectivity index (χ4n) is 1.92. The van der Waals surface area contributed by atoms with Crippen LogP contribution in [-0.2, 0) is 16.0 Å². The Hall–Kier alpha value is -1.83. The van der Waals surface area contributed by atoms with E-state index in [4.69, 9.17) is 4.74 Å². The Labute approximate surface area is 122 Å². The highest BCUT2D eigenvalue weighted by Gasteiger charge is 2.09.